The van der Waals surface area contributed by atoms with E-state index < -0.39 is 21.7 Å². The zero-order valence-corrected chi connectivity index (χ0v) is 14.6. The molecule has 0 spiro atoms. The minimum absolute atomic E-state index is 0.0789. The monoisotopic (exact) mass is 366 g/mol. The lowest BCUT2D eigenvalue weighted by atomic mass is 10.2. The summed E-state index contributed by atoms with van der Waals surface area (Å²) >= 11 is 0. The zero-order valence-electron chi connectivity index (χ0n) is 13.8. The number of carbonyl (C=O) groups is 1. The predicted molar refractivity (Wildman–Crippen MR) is 92.5 cm³/mol. The van der Waals surface area contributed by atoms with Crippen LogP contribution in [-0.4, -0.2) is 34.1 Å². The smallest absolute Gasteiger partial charge is 0.255 e. The number of sulfonamides is 1. The fourth-order valence-corrected chi connectivity index (χ4v) is 3.37. The van der Waals surface area contributed by atoms with E-state index in [2.05, 4.69) is 10.0 Å². The normalized spacial score (nSPS) is 12.6. The van der Waals surface area contributed by atoms with Crippen LogP contribution in [0, 0.1) is 5.82 Å². The Morgan fingerprint density at radius 2 is 1.72 bits per heavy atom. The summed E-state index contributed by atoms with van der Waals surface area (Å²) in [6, 6.07) is 10.5. The highest BCUT2D eigenvalue weighted by Gasteiger charge is 2.17. The number of halogens is 1. The Morgan fingerprint density at radius 3 is 2.28 bits per heavy atom. The van der Waals surface area contributed by atoms with Crippen LogP contribution in [0.4, 0.5) is 10.1 Å². The van der Waals surface area contributed by atoms with Gasteiger partial charge in [-0.1, -0.05) is 0 Å². The first-order valence-corrected chi connectivity index (χ1v) is 8.98. The van der Waals surface area contributed by atoms with Crippen LogP contribution in [0.1, 0.15) is 17.3 Å². The van der Waals surface area contributed by atoms with Crippen molar-refractivity contribution in [1.29, 1.82) is 0 Å². The van der Waals surface area contributed by atoms with Crippen molar-refractivity contribution in [2.24, 2.45) is 0 Å². The molecule has 0 saturated heterocycles. The van der Waals surface area contributed by atoms with E-state index in [1.54, 1.807) is 6.92 Å². The highest BCUT2D eigenvalue weighted by atomic mass is 32.2. The van der Waals surface area contributed by atoms with Crippen LogP contribution in [0.5, 0.6) is 0 Å². The maximum absolute atomic E-state index is 12.9. The van der Waals surface area contributed by atoms with Gasteiger partial charge in [-0.15, -0.1) is 0 Å². The van der Waals surface area contributed by atoms with E-state index in [9.17, 15) is 17.6 Å². The molecule has 0 fully saturated rings. The van der Waals surface area contributed by atoms with Crippen molar-refractivity contribution < 1.29 is 22.3 Å². The molecular weight excluding hydrogens is 347 g/mol. The maximum Gasteiger partial charge on any atom is 0.255 e. The quantitative estimate of drug-likeness (QED) is 0.788. The largest absolute Gasteiger partial charge is 0.383 e. The summed E-state index contributed by atoms with van der Waals surface area (Å²) in [5, 5.41) is 2.62. The van der Waals surface area contributed by atoms with Crippen molar-refractivity contribution in [2.75, 3.05) is 19.0 Å². The summed E-state index contributed by atoms with van der Waals surface area (Å²) in [5.41, 5.74) is 0.728. The Morgan fingerprint density at radius 1 is 1.12 bits per heavy atom. The average Bonchev–Trinajstić information content (AvgIpc) is 2.55. The van der Waals surface area contributed by atoms with Crippen molar-refractivity contribution in [3.05, 3.63) is 59.9 Å². The summed E-state index contributed by atoms with van der Waals surface area (Å²) in [7, 11) is -2.18. The van der Waals surface area contributed by atoms with E-state index in [4.69, 9.17) is 4.74 Å². The van der Waals surface area contributed by atoms with Gasteiger partial charge in [0.15, 0.2) is 0 Å². The number of methoxy groups -OCH3 is 1. The third-order valence-corrected chi connectivity index (χ3v) is 4.91. The molecule has 2 aromatic carbocycles. The van der Waals surface area contributed by atoms with Crippen LogP contribution in [0.15, 0.2) is 53.4 Å². The second-order valence-corrected chi connectivity index (χ2v) is 7.18. The first-order valence-electron chi connectivity index (χ1n) is 7.50. The Hall–Kier alpha value is -2.29. The molecule has 2 aromatic rings. The molecule has 0 bridgehead atoms. The van der Waals surface area contributed by atoms with E-state index in [0.717, 1.165) is 0 Å². The number of benzene rings is 2. The van der Waals surface area contributed by atoms with Crippen LogP contribution in [0.25, 0.3) is 0 Å². The summed E-state index contributed by atoms with van der Waals surface area (Å²) in [6.45, 7) is 1.95. The third kappa shape index (κ3) is 5.35. The van der Waals surface area contributed by atoms with E-state index in [1.807, 2.05) is 0 Å². The molecule has 134 valence electrons. The van der Waals surface area contributed by atoms with Gasteiger partial charge in [-0.3, -0.25) is 4.79 Å². The van der Waals surface area contributed by atoms with E-state index >= 15 is 0 Å². The molecule has 0 saturated carbocycles. The molecule has 1 atom stereocenters. The van der Waals surface area contributed by atoms with Gasteiger partial charge >= 0.3 is 0 Å². The average molecular weight is 366 g/mol. The van der Waals surface area contributed by atoms with Gasteiger partial charge in [-0.2, -0.15) is 0 Å². The van der Waals surface area contributed by atoms with Gasteiger partial charge in [0.1, 0.15) is 5.82 Å². The van der Waals surface area contributed by atoms with Crippen molar-refractivity contribution in [2.45, 2.75) is 17.9 Å². The highest BCUT2D eigenvalue weighted by molar-refractivity contribution is 7.89. The van der Waals surface area contributed by atoms with Gasteiger partial charge in [0.25, 0.3) is 5.91 Å². The Bertz CT molecular complexity index is 821. The van der Waals surface area contributed by atoms with Crippen LogP contribution < -0.4 is 10.0 Å². The molecular formula is C17H19FN2O4S. The minimum Gasteiger partial charge on any atom is -0.383 e. The molecule has 8 heteroatoms. The fraction of sp³-hybridized carbons (Fsp3) is 0.235. The summed E-state index contributed by atoms with van der Waals surface area (Å²) in [5.74, 6) is -0.844. The SMILES string of the molecule is COCC(C)NS(=O)(=O)c1ccc(NC(=O)c2ccc(F)cc2)cc1. The topological polar surface area (TPSA) is 84.5 Å². The summed E-state index contributed by atoms with van der Waals surface area (Å²) in [6.07, 6.45) is 0. The predicted octanol–water partition coefficient (Wildman–Crippen LogP) is 2.39. The molecule has 0 radical (unpaired) electrons. The highest BCUT2D eigenvalue weighted by Crippen LogP contribution is 2.15. The number of nitrogens with one attached hydrogen (secondary N) is 2. The van der Waals surface area contributed by atoms with Gasteiger partial charge in [0.2, 0.25) is 10.0 Å². The van der Waals surface area contributed by atoms with E-state index in [-0.39, 0.29) is 17.5 Å². The molecule has 2 rings (SSSR count). The molecule has 1 amide bonds. The third-order valence-electron chi connectivity index (χ3n) is 3.30. The van der Waals surface area contributed by atoms with Gasteiger partial charge in [-0.25, -0.2) is 17.5 Å². The number of carbonyl (C=O) groups excluding carboxylic acids is 1. The van der Waals surface area contributed by atoms with Gasteiger partial charge in [0.05, 0.1) is 11.5 Å². The summed E-state index contributed by atoms with van der Waals surface area (Å²) < 4.78 is 44.7. The molecule has 0 aliphatic carbocycles. The first-order chi connectivity index (χ1) is 11.8. The molecule has 0 heterocycles. The molecule has 25 heavy (non-hydrogen) atoms. The second kappa shape index (κ2) is 8.19. The van der Waals surface area contributed by atoms with Crippen molar-refractivity contribution in [3.63, 3.8) is 0 Å². The number of anilines is 1. The van der Waals surface area contributed by atoms with Gasteiger partial charge in [-0.05, 0) is 55.5 Å². The molecule has 2 N–H and O–H groups in total. The number of hydrogen-bond donors (Lipinski definition) is 2. The van der Waals surface area contributed by atoms with Crippen LogP contribution in [0.2, 0.25) is 0 Å². The van der Waals surface area contributed by atoms with Gasteiger partial charge in [0, 0.05) is 24.4 Å². The standard InChI is InChI=1S/C17H19FN2O4S/c1-12(11-24-2)20-25(22,23)16-9-7-15(8-10-16)19-17(21)13-3-5-14(18)6-4-13/h3-10,12,20H,11H2,1-2H3,(H,19,21). The first kappa shape index (κ1) is 19.0. The van der Waals surface area contributed by atoms with Crippen LogP contribution >= 0.6 is 0 Å². The van der Waals surface area contributed by atoms with Gasteiger partial charge < -0.3 is 10.1 Å². The Labute approximate surface area is 146 Å². The lowest BCUT2D eigenvalue weighted by Crippen LogP contribution is -2.35. The second-order valence-electron chi connectivity index (χ2n) is 5.46. The fourth-order valence-electron chi connectivity index (χ4n) is 2.14. The lowest BCUT2D eigenvalue weighted by molar-refractivity contribution is 0.102. The molecule has 0 aliphatic heterocycles. The molecule has 0 aliphatic rings. The lowest BCUT2D eigenvalue weighted by Gasteiger charge is -2.13. The number of hydrogen-bond acceptors (Lipinski definition) is 4. The Kier molecular flexibility index (Phi) is 6.24. The van der Waals surface area contributed by atoms with Crippen molar-refractivity contribution >= 4 is 21.6 Å². The van der Waals surface area contributed by atoms with E-state index in [1.165, 1.54) is 55.6 Å². The van der Waals surface area contributed by atoms with Crippen LogP contribution in [0.3, 0.4) is 0 Å². The molecule has 1 unspecified atom stereocenters. The minimum atomic E-state index is -3.67. The summed E-state index contributed by atoms with van der Waals surface area (Å²) in [4.78, 5) is 12.1. The maximum atomic E-state index is 12.9. The Balaban J connectivity index is 2.06. The number of amides is 1. The van der Waals surface area contributed by atoms with E-state index in [0.29, 0.717) is 11.3 Å². The number of ether oxygens (including phenoxy) is 1. The number of rotatable bonds is 7. The molecule has 6 nitrogen and oxygen atoms in total. The van der Waals surface area contributed by atoms with Crippen molar-refractivity contribution in [3.8, 4) is 0 Å². The van der Waals surface area contributed by atoms with Crippen LogP contribution in [-0.2, 0) is 14.8 Å². The zero-order chi connectivity index (χ0) is 18.4. The molecule has 0 aromatic heterocycles. The van der Waals surface area contributed by atoms with Crippen molar-refractivity contribution in [1.82, 2.24) is 4.72 Å².